The fourth-order valence-corrected chi connectivity index (χ4v) is 1.83. The number of pyridine rings is 1. The predicted octanol–water partition coefficient (Wildman–Crippen LogP) is 2.08. The summed E-state index contributed by atoms with van der Waals surface area (Å²) in [4.78, 5) is 15.6. The average molecular weight is 161 g/mol. The van der Waals surface area contributed by atoms with E-state index in [-0.39, 0.29) is 5.78 Å². The summed E-state index contributed by atoms with van der Waals surface area (Å²) in [6, 6.07) is 0. The second kappa shape index (κ2) is 2.41. The van der Waals surface area contributed by atoms with E-state index < -0.39 is 0 Å². The van der Waals surface area contributed by atoms with Crippen LogP contribution in [0.4, 0.5) is 0 Å². The van der Waals surface area contributed by atoms with E-state index in [2.05, 4.69) is 11.9 Å². The van der Waals surface area contributed by atoms with Gasteiger partial charge in [-0.2, -0.15) is 0 Å². The van der Waals surface area contributed by atoms with Crippen molar-refractivity contribution in [1.82, 2.24) is 4.98 Å². The van der Waals surface area contributed by atoms with Gasteiger partial charge in [-0.15, -0.1) is 0 Å². The number of aryl methyl sites for hydroxylation is 1. The molecule has 2 nitrogen and oxygen atoms in total. The Hall–Kier alpha value is -1.18. The number of fused-ring (bicyclic) bond motifs is 1. The first-order valence-electron chi connectivity index (χ1n) is 4.18. The Morgan fingerprint density at radius 2 is 2.25 bits per heavy atom. The maximum absolute atomic E-state index is 11.5. The van der Waals surface area contributed by atoms with Crippen LogP contribution in [0.2, 0.25) is 0 Å². The molecule has 2 rings (SSSR count). The monoisotopic (exact) mass is 161 g/mol. The van der Waals surface area contributed by atoms with Crippen molar-refractivity contribution in [3.05, 3.63) is 29.1 Å². The van der Waals surface area contributed by atoms with E-state index in [0.29, 0.717) is 12.3 Å². The second-order valence-electron chi connectivity index (χ2n) is 3.45. The molecule has 1 heterocycles. The van der Waals surface area contributed by atoms with E-state index in [9.17, 15) is 4.79 Å². The number of carbonyl (C=O) groups is 1. The van der Waals surface area contributed by atoms with Crippen molar-refractivity contribution in [2.45, 2.75) is 26.2 Å². The zero-order valence-electron chi connectivity index (χ0n) is 7.29. The van der Waals surface area contributed by atoms with Gasteiger partial charge in [-0.25, -0.2) is 0 Å². The molecule has 0 aliphatic heterocycles. The molecule has 0 spiro atoms. The van der Waals surface area contributed by atoms with Crippen LogP contribution in [0.5, 0.6) is 0 Å². The van der Waals surface area contributed by atoms with Crippen LogP contribution in [0.1, 0.15) is 40.7 Å². The minimum Gasteiger partial charge on any atom is -0.294 e. The van der Waals surface area contributed by atoms with Crippen molar-refractivity contribution in [3.63, 3.8) is 0 Å². The molecule has 12 heavy (non-hydrogen) atoms. The molecule has 0 bridgehead atoms. The highest BCUT2D eigenvalue weighted by atomic mass is 16.1. The van der Waals surface area contributed by atoms with Crippen molar-refractivity contribution in [2.75, 3.05) is 0 Å². The number of hydrogen-bond acceptors (Lipinski definition) is 2. The topological polar surface area (TPSA) is 30.0 Å². The Kier molecular flexibility index (Phi) is 1.50. The molecule has 0 amide bonds. The molecule has 0 saturated heterocycles. The van der Waals surface area contributed by atoms with Gasteiger partial charge in [0.2, 0.25) is 0 Å². The van der Waals surface area contributed by atoms with Crippen LogP contribution in [0, 0.1) is 6.92 Å². The van der Waals surface area contributed by atoms with Gasteiger partial charge in [-0.05, 0) is 24.0 Å². The van der Waals surface area contributed by atoms with Crippen LogP contribution in [0.3, 0.4) is 0 Å². The van der Waals surface area contributed by atoms with Crippen LogP contribution >= 0.6 is 0 Å². The first-order chi connectivity index (χ1) is 5.70. The number of aromatic nitrogens is 1. The van der Waals surface area contributed by atoms with Crippen LogP contribution in [-0.4, -0.2) is 10.8 Å². The number of carbonyl (C=O) groups excluding carboxylic acids is 1. The standard InChI is InChI=1S/C10H11NO/c1-6-3-9(12)10-7(2)4-11-5-8(6)10/h4-6H,3H2,1-2H3/t6-/m0/s1. The fraction of sp³-hybridized carbons (Fsp3) is 0.400. The minimum absolute atomic E-state index is 0.275. The lowest BCUT2D eigenvalue weighted by molar-refractivity contribution is 0.0989. The molecule has 0 unspecified atom stereocenters. The highest BCUT2D eigenvalue weighted by molar-refractivity contribution is 6.02. The number of ketones is 1. The molecule has 0 saturated carbocycles. The van der Waals surface area contributed by atoms with Gasteiger partial charge in [-0.1, -0.05) is 6.92 Å². The fourth-order valence-electron chi connectivity index (χ4n) is 1.83. The first kappa shape index (κ1) is 7.47. The van der Waals surface area contributed by atoms with Crippen molar-refractivity contribution >= 4 is 5.78 Å². The van der Waals surface area contributed by atoms with E-state index >= 15 is 0 Å². The third-order valence-electron chi connectivity index (χ3n) is 2.47. The molecule has 1 aromatic rings. The summed E-state index contributed by atoms with van der Waals surface area (Å²) in [7, 11) is 0. The van der Waals surface area contributed by atoms with E-state index in [1.165, 1.54) is 0 Å². The minimum atomic E-state index is 0.275. The normalized spacial score (nSPS) is 21.2. The Morgan fingerprint density at radius 1 is 1.50 bits per heavy atom. The third kappa shape index (κ3) is 0.876. The lowest BCUT2D eigenvalue weighted by Gasteiger charge is -2.02. The van der Waals surface area contributed by atoms with Gasteiger partial charge in [0.25, 0.3) is 0 Å². The summed E-state index contributed by atoms with van der Waals surface area (Å²) in [5, 5.41) is 0. The maximum Gasteiger partial charge on any atom is 0.164 e. The predicted molar refractivity (Wildman–Crippen MR) is 46.3 cm³/mol. The van der Waals surface area contributed by atoms with E-state index in [1.807, 2.05) is 13.1 Å². The largest absolute Gasteiger partial charge is 0.294 e. The summed E-state index contributed by atoms with van der Waals surface area (Å²) >= 11 is 0. The molecule has 0 radical (unpaired) electrons. The summed E-state index contributed by atoms with van der Waals surface area (Å²) in [5.74, 6) is 0.636. The Morgan fingerprint density at radius 3 is 2.92 bits per heavy atom. The number of rotatable bonds is 0. The van der Waals surface area contributed by atoms with Crippen LogP contribution in [-0.2, 0) is 0 Å². The molecule has 1 aliphatic rings. The van der Waals surface area contributed by atoms with Crippen LogP contribution in [0.25, 0.3) is 0 Å². The quantitative estimate of drug-likeness (QED) is 0.583. The zero-order valence-corrected chi connectivity index (χ0v) is 7.29. The first-order valence-corrected chi connectivity index (χ1v) is 4.18. The van der Waals surface area contributed by atoms with Gasteiger partial charge in [0.05, 0.1) is 0 Å². The number of hydrogen-bond donors (Lipinski definition) is 0. The molecule has 0 N–H and O–H groups in total. The molecule has 0 fully saturated rings. The SMILES string of the molecule is Cc1cncc2c1C(=O)C[C@@H]2C. The summed E-state index contributed by atoms with van der Waals surface area (Å²) in [6.07, 6.45) is 4.23. The van der Waals surface area contributed by atoms with Crippen LogP contribution < -0.4 is 0 Å². The number of Topliss-reactive ketones (excluding diaryl/α,β-unsaturated/α-hetero) is 1. The average Bonchev–Trinajstić information content (AvgIpc) is 2.29. The molecule has 1 aliphatic carbocycles. The van der Waals surface area contributed by atoms with Gasteiger partial charge in [0.1, 0.15) is 0 Å². The van der Waals surface area contributed by atoms with Crippen molar-refractivity contribution in [2.24, 2.45) is 0 Å². The van der Waals surface area contributed by atoms with Crippen LogP contribution in [0.15, 0.2) is 12.4 Å². The highest BCUT2D eigenvalue weighted by Gasteiger charge is 2.27. The van der Waals surface area contributed by atoms with E-state index in [4.69, 9.17) is 0 Å². The Labute approximate surface area is 71.6 Å². The molecular formula is C10H11NO. The summed E-state index contributed by atoms with van der Waals surface area (Å²) in [5.41, 5.74) is 3.05. The summed E-state index contributed by atoms with van der Waals surface area (Å²) in [6.45, 7) is 4.02. The smallest absolute Gasteiger partial charge is 0.164 e. The lowest BCUT2D eigenvalue weighted by atomic mass is 10.0. The Bertz CT molecular complexity index is 344. The Balaban J connectivity index is 2.67. The second-order valence-corrected chi connectivity index (χ2v) is 3.45. The molecule has 62 valence electrons. The maximum atomic E-state index is 11.5. The third-order valence-corrected chi connectivity index (χ3v) is 2.47. The van der Waals surface area contributed by atoms with Gasteiger partial charge in [0.15, 0.2) is 5.78 Å². The highest BCUT2D eigenvalue weighted by Crippen LogP contribution is 2.33. The lowest BCUT2D eigenvalue weighted by Crippen LogP contribution is -1.95. The zero-order chi connectivity index (χ0) is 8.72. The molecule has 1 aromatic heterocycles. The van der Waals surface area contributed by atoms with Gasteiger partial charge in [-0.3, -0.25) is 9.78 Å². The van der Waals surface area contributed by atoms with Gasteiger partial charge in [0, 0.05) is 24.4 Å². The van der Waals surface area contributed by atoms with Crippen molar-refractivity contribution in [1.29, 1.82) is 0 Å². The van der Waals surface area contributed by atoms with Crippen molar-refractivity contribution in [3.8, 4) is 0 Å². The van der Waals surface area contributed by atoms with Gasteiger partial charge < -0.3 is 0 Å². The van der Waals surface area contributed by atoms with E-state index in [1.54, 1.807) is 6.20 Å². The number of nitrogens with zero attached hydrogens (tertiary/aromatic N) is 1. The van der Waals surface area contributed by atoms with Crippen molar-refractivity contribution < 1.29 is 4.79 Å². The molecule has 1 atom stereocenters. The molecular weight excluding hydrogens is 150 g/mol. The van der Waals surface area contributed by atoms with E-state index in [0.717, 1.165) is 16.7 Å². The molecule has 2 heteroatoms. The van der Waals surface area contributed by atoms with Gasteiger partial charge >= 0.3 is 0 Å². The molecule has 0 aromatic carbocycles. The summed E-state index contributed by atoms with van der Waals surface area (Å²) < 4.78 is 0.